The van der Waals surface area contributed by atoms with Crippen molar-refractivity contribution in [3.05, 3.63) is 29.6 Å². The molecule has 0 radical (unpaired) electrons. The van der Waals surface area contributed by atoms with Crippen LogP contribution in [0.25, 0.3) is 0 Å². The van der Waals surface area contributed by atoms with Crippen molar-refractivity contribution >= 4 is 0 Å². The molecule has 0 saturated carbocycles. The van der Waals surface area contributed by atoms with E-state index in [-0.39, 0.29) is 0 Å². The first-order valence-corrected chi connectivity index (χ1v) is 4.06. The summed E-state index contributed by atoms with van der Waals surface area (Å²) in [5.74, 6) is 2.59. The van der Waals surface area contributed by atoms with E-state index in [1.807, 2.05) is 12.1 Å². The summed E-state index contributed by atoms with van der Waals surface area (Å²) >= 11 is 0. The van der Waals surface area contributed by atoms with Crippen LogP contribution in [0, 0.1) is 12.3 Å². The maximum absolute atomic E-state index is 5.33. The minimum Gasteiger partial charge on any atom is -0.310 e. The van der Waals surface area contributed by atoms with Crippen molar-refractivity contribution in [2.45, 2.75) is 12.5 Å². The largest absolute Gasteiger partial charge is 0.310 e. The van der Waals surface area contributed by atoms with Crippen molar-refractivity contribution < 1.29 is 0 Å². The van der Waals surface area contributed by atoms with Crippen LogP contribution in [0.1, 0.15) is 23.7 Å². The third kappa shape index (κ3) is 1.09. The quantitative estimate of drug-likeness (QED) is 0.619. The van der Waals surface area contributed by atoms with Crippen molar-refractivity contribution in [1.82, 2.24) is 10.3 Å². The predicted octanol–water partition coefficient (Wildman–Crippen LogP) is 1.10. The Morgan fingerprint density at radius 2 is 2.50 bits per heavy atom. The highest BCUT2D eigenvalue weighted by Gasteiger charge is 2.20. The van der Waals surface area contributed by atoms with Gasteiger partial charge < -0.3 is 5.32 Å². The number of hydrogen-bond donors (Lipinski definition) is 1. The van der Waals surface area contributed by atoms with Gasteiger partial charge in [0.25, 0.3) is 0 Å². The van der Waals surface area contributed by atoms with E-state index in [1.54, 1.807) is 6.20 Å². The van der Waals surface area contributed by atoms with Gasteiger partial charge in [0.15, 0.2) is 0 Å². The van der Waals surface area contributed by atoms with Gasteiger partial charge in [0.1, 0.15) is 5.69 Å². The van der Waals surface area contributed by atoms with E-state index < -0.39 is 0 Å². The van der Waals surface area contributed by atoms with Crippen LogP contribution in [-0.4, -0.2) is 11.5 Å². The Morgan fingerprint density at radius 1 is 1.67 bits per heavy atom. The van der Waals surface area contributed by atoms with E-state index in [4.69, 9.17) is 6.42 Å². The maximum atomic E-state index is 5.33. The van der Waals surface area contributed by atoms with E-state index in [1.165, 1.54) is 6.42 Å². The summed E-state index contributed by atoms with van der Waals surface area (Å²) in [4.78, 5) is 4.12. The molecule has 1 aromatic rings. The molecule has 1 atom stereocenters. The number of rotatable bonds is 1. The standard InChI is InChI=1S/C10H10N2/c1-2-9-8(4-3-6-11-9)10-5-7-12-10/h1,3-4,6,10,12H,5,7H2/t10-/m1/s1. The van der Waals surface area contributed by atoms with E-state index >= 15 is 0 Å². The van der Waals surface area contributed by atoms with E-state index in [2.05, 4.69) is 16.2 Å². The van der Waals surface area contributed by atoms with Gasteiger partial charge in [-0.1, -0.05) is 6.07 Å². The highest BCUT2D eigenvalue weighted by molar-refractivity contribution is 5.36. The number of nitrogens with zero attached hydrogens (tertiary/aromatic N) is 1. The Labute approximate surface area is 72.0 Å². The zero-order chi connectivity index (χ0) is 8.39. The second-order valence-electron chi connectivity index (χ2n) is 2.88. The molecular formula is C10H10N2. The minimum atomic E-state index is 0.435. The number of nitrogens with one attached hydrogen (secondary N) is 1. The Bertz CT molecular complexity index is 321. The maximum Gasteiger partial charge on any atom is 0.117 e. The number of terminal acetylenes is 1. The molecule has 0 spiro atoms. The SMILES string of the molecule is C#Cc1ncccc1[C@H]1CCN1. The highest BCUT2D eigenvalue weighted by Crippen LogP contribution is 2.23. The monoisotopic (exact) mass is 158 g/mol. The van der Waals surface area contributed by atoms with Crippen LogP contribution in [0.5, 0.6) is 0 Å². The van der Waals surface area contributed by atoms with E-state index in [0.29, 0.717) is 6.04 Å². The molecule has 2 heteroatoms. The van der Waals surface area contributed by atoms with Gasteiger partial charge in [-0.2, -0.15) is 0 Å². The highest BCUT2D eigenvalue weighted by atomic mass is 15.0. The van der Waals surface area contributed by atoms with Crippen LogP contribution in [0.15, 0.2) is 18.3 Å². The van der Waals surface area contributed by atoms with E-state index in [9.17, 15) is 0 Å². The molecule has 2 rings (SSSR count). The molecule has 1 aliphatic rings. The van der Waals surface area contributed by atoms with Crippen molar-refractivity contribution in [3.8, 4) is 12.3 Å². The molecule has 0 aromatic carbocycles. The Balaban J connectivity index is 2.35. The van der Waals surface area contributed by atoms with Crippen LogP contribution in [0.4, 0.5) is 0 Å². The zero-order valence-corrected chi connectivity index (χ0v) is 6.75. The fourth-order valence-electron chi connectivity index (χ4n) is 1.37. The van der Waals surface area contributed by atoms with Gasteiger partial charge in [-0.3, -0.25) is 0 Å². The van der Waals surface area contributed by atoms with Gasteiger partial charge in [-0.05, 0) is 25.0 Å². The summed E-state index contributed by atoms with van der Waals surface area (Å²) in [5, 5.41) is 3.30. The fourth-order valence-corrected chi connectivity index (χ4v) is 1.37. The number of pyridine rings is 1. The molecule has 1 saturated heterocycles. The van der Waals surface area contributed by atoms with E-state index in [0.717, 1.165) is 17.8 Å². The molecule has 1 fully saturated rings. The average molecular weight is 158 g/mol. The lowest BCUT2D eigenvalue weighted by Gasteiger charge is -2.28. The van der Waals surface area contributed by atoms with Gasteiger partial charge in [-0.15, -0.1) is 6.42 Å². The van der Waals surface area contributed by atoms with Crippen LogP contribution >= 0.6 is 0 Å². The first-order chi connectivity index (χ1) is 5.92. The minimum absolute atomic E-state index is 0.435. The second-order valence-corrected chi connectivity index (χ2v) is 2.88. The third-order valence-electron chi connectivity index (χ3n) is 2.17. The summed E-state index contributed by atoms with van der Waals surface area (Å²) in [5.41, 5.74) is 1.93. The van der Waals surface area contributed by atoms with Crippen LogP contribution in [-0.2, 0) is 0 Å². The summed E-state index contributed by atoms with van der Waals surface area (Å²) in [6, 6.07) is 4.40. The second kappa shape index (κ2) is 2.96. The van der Waals surface area contributed by atoms with Crippen LogP contribution in [0.2, 0.25) is 0 Å². The lowest BCUT2D eigenvalue weighted by atomic mass is 9.97. The van der Waals surface area contributed by atoms with Crippen molar-refractivity contribution in [3.63, 3.8) is 0 Å². The Kier molecular flexibility index (Phi) is 1.81. The third-order valence-corrected chi connectivity index (χ3v) is 2.17. The number of aromatic nitrogens is 1. The molecule has 2 nitrogen and oxygen atoms in total. The van der Waals surface area contributed by atoms with Crippen molar-refractivity contribution in [2.24, 2.45) is 0 Å². The van der Waals surface area contributed by atoms with Gasteiger partial charge in [0.2, 0.25) is 0 Å². The smallest absolute Gasteiger partial charge is 0.117 e. The van der Waals surface area contributed by atoms with Gasteiger partial charge >= 0.3 is 0 Å². The molecule has 1 aromatic heterocycles. The first-order valence-electron chi connectivity index (χ1n) is 4.06. The number of hydrogen-bond acceptors (Lipinski definition) is 2. The predicted molar refractivity (Wildman–Crippen MR) is 47.5 cm³/mol. The molecule has 1 aliphatic heterocycles. The molecular weight excluding hydrogens is 148 g/mol. The molecule has 60 valence electrons. The average Bonchev–Trinajstić information content (AvgIpc) is 2.02. The van der Waals surface area contributed by atoms with Gasteiger partial charge in [-0.25, -0.2) is 4.98 Å². The van der Waals surface area contributed by atoms with Crippen molar-refractivity contribution in [1.29, 1.82) is 0 Å². The van der Waals surface area contributed by atoms with Gasteiger partial charge in [0, 0.05) is 17.8 Å². The lowest BCUT2D eigenvalue weighted by Crippen LogP contribution is -2.35. The summed E-state index contributed by atoms with van der Waals surface area (Å²) in [6.07, 6.45) is 8.23. The van der Waals surface area contributed by atoms with Crippen LogP contribution in [0.3, 0.4) is 0 Å². The topological polar surface area (TPSA) is 24.9 Å². The van der Waals surface area contributed by atoms with Gasteiger partial charge in [0.05, 0.1) is 0 Å². The zero-order valence-electron chi connectivity index (χ0n) is 6.75. The first kappa shape index (κ1) is 7.33. The molecule has 0 bridgehead atoms. The summed E-state index contributed by atoms with van der Waals surface area (Å²) in [6.45, 7) is 1.09. The van der Waals surface area contributed by atoms with Crippen molar-refractivity contribution in [2.75, 3.05) is 6.54 Å². The molecule has 0 aliphatic carbocycles. The summed E-state index contributed by atoms with van der Waals surface area (Å²) < 4.78 is 0. The molecule has 0 unspecified atom stereocenters. The fraction of sp³-hybridized carbons (Fsp3) is 0.300. The normalized spacial score (nSPS) is 21.1. The lowest BCUT2D eigenvalue weighted by molar-refractivity contribution is 0.382. The summed E-state index contributed by atoms with van der Waals surface area (Å²) in [7, 11) is 0. The molecule has 2 heterocycles. The van der Waals surface area contributed by atoms with Crippen LogP contribution < -0.4 is 5.32 Å². The Morgan fingerprint density at radius 3 is 3.08 bits per heavy atom. The molecule has 12 heavy (non-hydrogen) atoms. The molecule has 1 N–H and O–H groups in total. The molecule has 0 amide bonds. The Hall–Kier alpha value is -1.33.